The van der Waals surface area contributed by atoms with Gasteiger partial charge in [0.15, 0.2) is 0 Å². The second-order valence-electron chi connectivity index (χ2n) is 4.83. The van der Waals surface area contributed by atoms with Crippen LogP contribution in [0.4, 0.5) is 17.2 Å². The summed E-state index contributed by atoms with van der Waals surface area (Å²) < 4.78 is 0. The lowest BCUT2D eigenvalue weighted by atomic mass is 9.99. The molecule has 0 radical (unpaired) electrons. The first-order chi connectivity index (χ1) is 8.74. The van der Waals surface area contributed by atoms with Gasteiger partial charge in [0.2, 0.25) is 0 Å². The van der Waals surface area contributed by atoms with Crippen molar-refractivity contribution in [3.05, 3.63) is 47.7 Å². The fourth-order valence-corrected chi connectivity index (χ4v) is 2.55. The van der Waals surface area contributed by atoms with E-state index in [0.29, 0.717) is 5.82 Å². The highest BCUT2D eigenvalue weighted by molar-refractivity contribution is 5.68. The molecule has 18 heavy (non-hydrogen) atoms. The van der Waals surface area contributed by atoms with Gasteiger partial charge in [-0.1, -0.05) is 17.7 Å². The highest BCUT2D eigenvalue weighted by atomic mass is 15.1. The zero-order valence-corrected chi connectivity index (χ0v) is 10.6. The molecule has 0 bridgehead atoms. The maximum atomic E-state index is 5.64. The minimum Gasteiger partial charge on any atom is -0.384 e. The molecule has 3 heteroatoms. The van der Waals surface area contributed by atoms with Crippen LogP contribution in [-0.2, 0) is 6.42 Å². The molecule has 3 nitrogen and oxygen atoms in total. The molecule has 0 atom stereocenters. The standard InChI is InChI=1S/C15H17N3/c1-11-4-6-14-12(9-11)3-2-8-18(14)13-5-7-15(16)17-10-13/h4-7,9-10H,2-3,8H2,1H3,(H2,16,17). The van der Waals surface area contributed by atoms with Gasteiger partial charge in [0.05, 0.1) is 11.9 Å². The van der Waals surface area contributed by atoms with Crippen LogP contribution < -0.4 is 10.6 Å². The second-order valence-corrected chi connectivity index (χ2v) is 4.83. The van der Waals surface area contributed by atoms with Crippen molar-refractivity contribution >= 4 is 17.2 Å². The Balaban J connectivity index is 2.03. The Morgan fingerprint density at radius 2 is 2.11 bits per heavy atom. The van der Waals surface area contributed by atoms with E-state index in [0.717, 1.165) is 18.7 Å². The molecule has 2 N–H and O–H groups in total. The summed E-state index contributed by atoms with van der Waals surface area (Å²) >= 11 is 0. The van der Waals surface area contributed by atoms with Crippen LogP contribution in [0.1, 0.15) is 17.5 Å². The molecule has 2 heterocycles. The lowest BCUT2D eigenvalue weighted by Crippen LogP contribution is -2.24. The molecular formula is C15H17N3. The van der Waals surface area contributed by atoms with E-state index < -0.39 is 0 Å². The van der Waals surface area contributed by atoms with Crippen LogP contribution in [0, 0.1) is 6.92 Å². The summed E-state index contributed by atoms with van der Waals surface area (Å²) in [6.07, 6.45) is 4.20. The lowest BCUT2D eigenvalue weighted by molar-refractivity contribution is 0.765. The van der Waals surface area contributed by atoms with E-state index in [9.17, 15) is 0 Å². The molecule has 1 aliphatic rings. The number of aryl methyl sites for hydroxylation is 2. The summed E-state index contributed by atoms with van der Waals surface area (Å²) in [6.45, 7) is 3.19. The minimum atomic E-state index is 0.569. The average Bonchev–Trinajstić information content (AvgIpc) is 2.38. The van der Waals surface area contributed by atoms with Crippen molar-refractivity contribution in [1.82, 2.24) is 4.98 Å². The Hall–Kier alpha value is -2.03. The summed E-state index contributed by atoms with van der Waals surface area (Å²) in [5, 5.41) is 0. The van der Waals surface area contributed by atoms with Crippen molar-refractivity contribution in [1.29, 1.82) is 0 Å². The fourth-order valence-electron chi connectivity index (χ4n) is 2.55. The monoisotopic (exact) mass is 239 g/mol. The predicted molar refractivity (Wildman–Crippen MR) is 75.2 cm³/mol. The van der Waals surface area contributed by atoms with Crippen LogP contribution >= 0.6 is 0 Å². The molecule has 0 amide bonds. The van der Waals surface area contributed by atoms with E-state index in [4.69, 9.17) is 5.73 Å². The smallest absolute Gasteiger partial charge is 0.123 e. The second kappa shape index (κ2) is 4.33. The molecule has 0 saturated carbocycles. The third-order valence-electron chi connectivity index (χ3n) is 3.44. The third-order valence-corrected chi connectivity index (χ3v) is 3.44. The van der Waals surface area contributed by atoms with Crippen LogP contribution in [-0.4, -0.2) is 11.5 Å². The van der Waals surface area contributed by atoms with Gasteiger partial charge in [-0.2, -0.15) is 0 Å². The van der Waals surface area contributed by atoms with Crippen molar-refractivity contribution in [2.45, 2.75) is 19.8 Å². The zero-order chi connectivity index (χ0) is 12.5. The number of nitrogens with zero attached hydrogens (tertiary/aromatic N) is 2. The Kier molecular flexibility index (Phi) is 2.67. The number of benzene rings is 1. The summed E-state index contributed by atoms with van der Waals surface area (Å²) in [5.74, 6) is 0.569. The molecule has 3 rings (SSSR count). The van der Waals surface area contributed by atoms with Crippen molar-refractivity contribution in [2.24, 2.45) is 0 Å². The molecule has 1 aromatic carbocycles. The van der Waals surface area contributed by atoms with E-state index in [1.54, 1.807) is 0 Å². The molecule has 0 spiro atoms. The normalized spacial score (nSPS) is 14.4. The van der Waals surface area contributed by atoms with E-state index in [2.05, 4.69) is 35.0 Å². The topological polar surface area (TPSA) is 42.1 Å². The predicted octanol–water partition coefficient (Wildman–Crippen LogP) is 3.06. The first kappa shape index (κ1) is 11.1. The van der Waals surface area contributed by atoms with Crippen LogP contribution in [0.3, 0.4) is 0 Å². The van der Waals surface area contributed by atoms with Crippen LogP contribution in [0.15, 0.2) is 36.5 Å². The van der Waals surface area contributed by atoms with Crippen LogP contribution in [0.5, 0.6) is 0 Å². The number of rotatable bonds is 1. The molecule has 0 unspecified atom stereocenters. The fraction of sp³-hybridized carbons (Fsp3) is 0.267. The van der Waals surface area contributed by atoms with Crippen molar-refractivity contribution in [3.8, 4) is 0 Å². The van der Waals surface area contributed by atoms with Gasteiger partial charge in [-0.15, -0.1) is 0 Å². The summed E-state index contributed by atoms with van der Waals surface area (Å²) in [6, 6.07) is 10.6. The summed E-state index contributed by atoms with van der Waals surface area (Å²) in [4.78, 5) is 6.51. The highest BCUT2D eigenvalue weighted by Gasteiger charge is 2.18. The van der Waals surface area contributed by atoms with Gasteiger partial charge < -0.3 is 10.6 Å². The number of nitrogen functional groups attached to an aromatic ring is 1. The molecule has 0 aliphatic carbocycles. The molecule has 1 aromatic heterocycles. The van der Waals surface area contributed by atoms with Crippen LogP contribution in [0.2, 0.25) is 0 Å². The van der Waals surface area contributed by atoms with Gasteiger partial charge >= 0.3 is 0 Å². The Bertz CT molecular complexity index is 560. The molecule has 2 aromatic rings. The first-order valence-electron chi connectivity index (χ1n) is 6.32. The number of hydrogen-bond donors (Lipinski definition) is 1. The largest absolute Gasteiger partial charge is 0.384 e. The number of anilines is 3. The molecule has 0 saturated heterocycles. The van der Waals surface area contributed by atoms with Gasteiger partial charge in [0, 0.05) is 12.2 Å². The number of fused-ring (bicyclic) bond motifs is 1. The van der Waals surface area contributed by atoms with Crippen molar-refractivity contribution in [3.63, 3.8) is 0 Å². The number of nitrogens with two attached hydrogens (primary N) is 1. The minimum absolute atomic E-state index is 0.569. The van der Waals surface area contributed by atoms with Crippen molar-refractivity contribution in [2.75, 3.05) is 17.2 Å². The highest BCUT2D eigenvalue weighted by Crippen LogP contribution is 2.33. The molecule has 0 fully saturated rings. The van der Waals surface area contributed by atoms with E-state index in [1.165, 1.54) is 23.2 Å². The Labute approximate surface area is 107 Å². The van der Waals surface area contributed by atoms with Crippen LogP contribution in [0.25, 0.3) is 0 Å². The van der Waals surface area contributed by atoms with Gasteiger partial charge in [0.1, 0.15) is 5.82 Å². The third kappa shape index (κ3) is 1.92. The van der Waals surface area contributed by atoms with E-state index in [1.807, 2.05) is 18.3 Å². The zero-order valence-electron chi connectivity index (χ0n) is 10.6. The van der Waals surface area contributed by atoms with E-state index in [-0.39, 0.29) is 0 Å². The number of aromatic nitrogens is 1. The Morgan fingerprint density at radius 1 is 1.22 bits per heavy atom. The number of pyridine rings is 1. The molecular weight excluding hydrogens is 222 g/mol. The maximum Gasteiger partial charge on any atom is 0.123 e. The SMILES string of the molecule is Cc1ccc2c(c1)CCCN2c1ccc(N)nc1. The molecule has 92 valence electrons. The average molecular weight is 239 g/mol. The van der Waals surface area contributed by atoms with E-state index >= 15 is 0 Å². The quantitative estimate of drug-likeness (QED) is 0.831. The summed E-state index contributed by atoms with van der Waals surface area (Å²) in [7, 11) is 0. The first-order valence-corrected chi connectivity index (χ1v) is 6.32. The van der Waals surface area contributed by atoms with Crippen molar-refractivity contribution < 1.29 is 0 Å². The Morgan fingerprint density at radius 3 is 2.89 bits per heavy atom. The van der Waals surface area contributed by atoms with Gasteiger partial charge in [0.25, 0.3) is 0 Å². The molecule has 1 aliphatic heterocycles. The summed E-state index contributed by atoms with van der Waals surface area (Å²) in [5.41, 5.74) is 10.8. The maximum absolute atomic E-state index is 5.64. The van der Waals surface area contributed by atoms with Gasteiger partial charge in [-0.3, -0.25) is 0 Å². The lowest BCUT2D eigenvalue weighted by Gasteiger charge is -2.31. The number of hydrogen-bond acceptors (Lipinski definition) is 3. The van der Waals surface area contributed by atoms with Gasteiger partial charge in [-0.05, 0) is 43.5 Å². The van der Waals surface area contributed by atoms with Gasteiger partial charge in [-0.25, -0.2) is 4.98 Å².